The van der Waals surface area contributed by atoms with Crippen molar-refractivity contribution >= 4 is 46.6 Å². The minimum Gasteiger partial charge on any atom is -0.455 e. The van der Waals surface area contributed by atoms with Crippen LogP contribution in [0.25, 0.3) is 0 Å². The maximum absolute atomic E-state index is 11.8. The third-order valence-electron chi connectivity index (χ3n) is 3.63. The molecule has 0 saturated carbocycles. The molecular formula is C18H17ClN2O5S. The number of halogens is 1. The Kier molecular flexibility index (Phi) is 7.20. The minimum absolute atomic E-state index is 0.0344. The molecule has 1 amide bonds. The van der Waals surface area contributed by atoms with Gasteiger partial charge in [-0.2, -0.15) is 0 Å². The molecule has 9 heteroatoms. The number of aryl methyl sites for hydroxylation is 2. The van der Waals surface area contributed by atoms with Gasteiger partial charge in [0.1, 0.15) is 5.02 Å². The molecule has 2 aromatic rings. The van der Waals surface area contributed by atoms with Gasteiger partial charge in [0.05, 0.1) is 10.7 Å². The molecule has 27 heavy (non-hydrogen) atoms. The lowest BCUT2D eigenvalue weighted by Crippen LogP contribution is -2.21. The average molecular weight is 409 g/mol. The van der Waals surface area contributed by atoms with Crippen LogP contribution in [0.4, 0.5) is 11.4 Å². The fourth-order valence-electron chi connectivity index (χ4n) is 2.06. The first kappa shape index (κ1) is 20.7. The number of nitro groups is 1. The summed E-state index contributed by atoms with van der Waals surface area (Å²) in [6, 6.07) is 9.74. The number of nitrogens with one attached hydrogen (secondary N) is 1. The van der Waals surface area contributed by atoms with E-state index in [1.54, 1.807) is 0 Å². The summed E-state index contributed by atoms with van der Waals surface area (Å²) in [7, 11) is 0. The number of esters is 1. The summed E-state index contributed by atoms with van der Waals surface area (Å²) in [5.74, 6) is -1.06. The summed E-state index contributed by atoms with van der Waals surface area (Å²) in [5, 5.41) is 13.2. The number of hydrogen-bond acceptors (Lipinski definition) is 6. The zero-order valence-corrected chi connectivity index (χ0v) is 16.2. The maximum atomic E-state index is 11.8. The van der Waals surface area contributed by atoms with Crippen molar-refractivity contribution in [2.45, 2.75) is 18.7 Å². The second-order valence-corrected chi connectivity index (χ2v) is 7.12. The summed E-state index contributed by atoms with van der Waals surface area (Å²) in [5.41, 5.74) is 2.17. The topological polar surface area (TPSA) is 98.5 Å². The third kappa shape index (κ3) is 6.26. The van der Waals surface area contributed by atoms with Gasteiger partial charge in [0, 0.05) is 16.6 Å². The molecule has 0 heterocycles. The molecular weight excluding hydrogens is 392 g/mol. The van der Waals surface area contributed by atoms with E-state index in [0.29, 0.717) is 0 Å². The van der Waals surface area contributed by atoms with Gasteiger partial charge in [0.15, 0.2) is 6.61 Å². The minimum atomic E-state index is -0.651. The number of rotatable bonds is 7. The molecule has 0 unspecified atom stereocenters. The number of nitrogens with zero attached hydrogens (tertiary/aromatic N) is 1. The Hall–Kier alpha value is -2.58. The van der Waals surface area contributed by atoms with Gasteiger partial charge < -0.3 is 10.1 Å². The smallest absolute Gasteiger partial charge is 0.316 e. The van der Waals surface area contributed by atoms with Gasteiger partial charge in [-0.1, -0.05) is 17.7 Å². The highest BCUT2D eigenvalue weighted by Crippen LogP contribution is 2.27. The summed E-state index contributed by atoms with van der Waals surface area (Å²) < 4.78 is 4.92. The normalized spacial score (nSPS) is 10.3. The van der Waals surface area contributed by atoms with E-state index in [-0.39, 0.29) is 22.2 Å². The van der Waals surface area contributed by atoms with Gasteiger partial charge in [0.25, 0.3) is 11.6 Å². The van der Waals surface area contributed by atoms with Crippen LogP contribution in [0.15, 0.2) is 41.3 Å². The standard InChI is InChI=1S/C18H17ClN2O5S/c1-11-3-5-14(7-12(11)2)27-10-18(23)26-9-17(22)20-13-4-6-15(19)16(8-13)21(24)25/h3-8H,9-10H2,1-2H3,(H,20,22). The second-order valence-electron chi connectivity index (χ2n) is 5.67. The number of thioether (sulfide) groups is 1. The first-order valence-corrected chi connectivity index (χ1v) is 9.22. The van der Waals surface area contributed by atoms with Crippen LogP contribution in [0.5, 0.6) is 0 Å². The first-order chi connectivity index (χ1) is 12.8. The molecule has 2 aromatic carbocycles. The van der Waals surface area contributed by atoms with Crippen LogP contribution in [-0.4, -0.2) is 29.2 Å². The second kappa shape index (κ2) is 9.38. The molecule has 2 rings (SSSR count). The zero-order chi connectivity index (χ0) is 20.0. The van der Waals surface area contributed by atoms with Crippen LogP contribution in [0.2, 0.25) is 5.02 Å². The largest absolute Gasteiger partial charge is 0.455 e. The number of carbonyl (C=O) groups is 2. The van der Waals surface area contributed by atoms with Crippen LogP contribution >= 0.6 is 23.4 Å². The lowest BCUT2D eigenvalue weighted by atomic mass is 10.1. The van der Waals surface area contributed by atoms with Crippen molar-refractivity contribution in [2.75, 3.05) is 17.7 Å². The van der Waals surface area contributed by atoms with E-state index in [1.165, 1.54) is 29.5 Å². The fraction of sp³-hybridized carbons (Fsp3) is 0.222. The highest BCUT2D eigenvalue weighted by molar-refractivity contribution is 8.00. The number of hydrogen-bond donors (Lipinski definition) is 1. The number of ether oxygens (including phenoxy) is 1. The monoisotopic (exact) mass is 408 g/mol. The van der Waals surface area contributed by atoms with Gasteiger partial charge in [-0.3, -0.25) is 19.7 Å². The predicted octanol–water partition coefficient (Wildman–Crippen LogP) is 4.14. The molecule has 0 radical (unpaired) electrons. The Balaban J connectivity index is 1.81. The molecule has 0 fully saturated rings. The molecule has 0 bridgehead atoms. The molecule has 142 valence electrons. The Labute approximate surface area is 165 Å². The van der Waals surface area contributed by atoms with E-state index < -0.39 is 23.4 Å². The number of nitro benzene ring substituents is 1. The lowest BCUT2D eigenvalue weighted by Gasteiger charge is -2.08. The van der Waals surface area contributed by atoms with Gasteiger partial charge in [-0.15, -0.1) is 11.8 Å². The van der Waals surface area contributed by atoms with Gasteiger partial charge in [-0.05, 0) is 49.2 Å². The van der Waals surface area contributed by atoms with Crippen molar-refractivity contribution in [1.29, 1.82) is 0 Å². The van der Waals surface area contributed by atoms with Crippen LogP contribution in [0, 0.1) is 24.0 Å². The molecule has 1 N–H and O–H groups in total. The Bertz CT molecular complexity index is 888. The van der Waals surface area contributed by atoms with E-state index in [2.05, 4.69) is 5.32 Å². The molecule has 7 nitrogen and oxygen atoms in total. The molecule has 0 aromatic heterocycles. The number of amides is 1. The lowest BCUT2D eigenvalue weighted by molar-refractivity contribution is -0.384. The van der Waals surface area contributed by atoms with Gasteiger partial charge in [0.2, 0.25) is 0 Å². The molecule has 0 atom stereocenters. The van der Waals surface area contributed by atoms with E-state index in [0.717, 1.165) is 16.5 Å². The molecule has 0 aliphatic carbocycles. The van der Waals surface area contributed by atoms with Crippen molar-refractivity contribution < 1.29 is 19.2 Å². The summed E-state index contributed by atoms with van der Waals surface area (Å²) in [6.07, 6.45) is 0. The van der Waals surface area contributed by atoms with Crippen molar-refractivity contribution in [3.8, 4) is 0 Å². The molecule has 0 aliphatic heterocycles. The maximum Gasteiger partial charge on any atom is 0.316 e. The predicted molar refractivity (Wildman–Crippen MR) is 104 cm³/mol. The molecule has 0 saturated heterocycles. The van der Waals surface area contributed by atoms with E-state index >= 15 is 0 Å². The Morgan fingerprint density at radius 3 is 2.59 bits per heavy atom. The van der Waals surface area contributed by atoms with E-state index in [9.17, 15) is 19.7 Å². The van der Waals surface area contributed by atoms with Crippen molar-refractivity contribution in [1.82, 2.24) is 0 Å². The van der Waals surface area contributed by atoms with Crippen LogP contribution in [0.1, 0.15) is 11.1 Å². The quantitative estimate of drug-likeness (QED) is 0.320. The SMILES string of the molecule is Cc1ccc(SCC(=O)OCC(=O)Nc2ccc(Cl)c([N+](=O)[O-])c2)cc1C. The Morgan fingerprint density at radius 2 is 1.93 bits per heavy atom. The van der Waals surface area contributed by atoms with E-state index in [4.69, 9.17) is 16.3 Å². The van der Waals surface area contributed by atoms with Gasteiger partial charge in [-0.25, -0.2) is 0 Å². The summed E-state index contributed by atoms with van der Waals surface area (Å²) in [6.45, 7) is 3.51. The van der Waals surface area contributed by atoms with Gasteiger partial charge >= 0.3 is 5.97 Å². The summed E-state index contributed by atoms with van der Waals surface area (Å²) >= 11 is 7.03. The fourth-order valence-corrected chi connectivity index (χ4v) is 3.04. The highest BCUT2D eigenvalue weighted by atomic mass is 35.5. The first-order valence-electron chi connectivity index (χ1n) is 7.85. The highest BCUT2D eigenvalue weighted by Gasteiger charge is 2.15. The number of anilines is 1. The molecule has 0 aliphatic rings. The molecule has 0 spiro atoms. The van der Waals surface area contributed by atoms with E-state index in [1.807, 2.05) is 32.0 Å². The summed E-state index contributed by atoms with van der Waals surface area (Å²) in [4.78, 5) is 34.8. The van der Waals surface area contributed by atoms with Crippen LogP contribution in [-0.2, 0) is 14.3 Å². The van der Waals surface area contributed by atoms with Crippen molar-refractivity contribution in [2.24, 2.45) is 0 Å². The number of carbonyl (C=O) groups excluding carboxylic acids is 2. The van der Waals surface area contributed by atoms with Crippen LogP contribution < -0.4 is 5.32 Å². The Morgan fingerprint density at radius 1 is 1.19 bits per heavy atom. The third-order valence-corrected chi connectivity index (χ3v) is 4.91. The zero-order valence-electron chi connectivity index (χ0n) is 14.7. The number of benzene rings is 2. The average Bonchev–Trinajstić information content (AvgIpc) is 2.62. The van der Waals surface area contributed by atoms with Crippen LogP contribution in [0.3, 0.4) is 0 Å². The van der Waals surface area contributed by atoms with Crippen molar-refractivity contribution in [3.63, 3.8) is 0 Å². The van der Waals surface area contributed by atoms with Crippen molar-refractivity contribution in [3.05, 3.63) is 62.7 Å².